The third-order valence-electron chi connectivity index (χ3n) is 3.99. The molecule has 1 unspecified atom stereocenters. The summed E-state index contributed by atoms with van der Waals surface area (Å²) in [6.07, 6.45) is -1.65. The van der Waals surface area contributed by atoms with E-state index in [9.17, 15) is 18.0 Å². The number of carbonyl (C=O) groups is 1. The Hall–Kier alpha value is -1.64. The van der Waals surface area contributed by atoms with Crippen molar-refractivity contribution in [3.63, 3.8) is 0 Å². The average molecular weight is 333 g/mol. The van der Waals surface area contributed by atoms with Gasteiger partial charge in [-0.2, -0.15) is 13.2 Å². The predicted molar refractivity (Wildman–Crippen MR) is 77.5 cm³/mol. The molecule has 0 N–H and O–H groups in total. The van der Waals surface area contributed by atoms with Gasteiger partial charge in [0.2, 0.25) is 5.91 Å². The lowest BCUT2D eigenvalue weighted by molar-refractivity contribution is -0.154. The number of alkyl halides is 3. The van der Waals surface area contributed by atoms with E-state index in [1.165, 1.54) is 9.80 Å². The van der Waals surface area contributed by atoms with Crippen molar-refractivity contribution in [1.82, 2.24) is 24.6 Å². The second-order valence-corrected chi connectivity index (χ2v) is 6.19. The van der Waals surface area contributed by atoms with Crippen molar-refractivity contribution >= 4 is 5.91 Å². The zero-order chi connectivity index (χ0) is 17.2. The Morgan fingerprint density at radius 1 is 1.48 bits per heavy atom. The first-order valence-electron chi connectivity index (χ1n) is 7.63. The first kappa shape index (κ1) is 17.7. The largest absolute Gasteiger partial charge is 0.401 e. The minimum Gasteiger partial charge on any atom is -0.337 e. The van der Waals surface area contributed by atoms with Gasteiger partial charge in [0.1, 0.15) is 6.33 Å². The fraction of sp³-hybridized carbons (Fsp3) is 0.786. The molecule has 1 aliphatic heterocycles. The van der Waals surface area contributed by atoms with Crippen LogP contribution in [0.4, 0.5) is 13.2 Å². The summed E-state index contributed by atoms with van der Waals surface area (Å²) >= 11 is 0. The van der Waals surface area contributed by atoms with Crippen LogP contribution in [-0.4, -0.2) is 62.8 Å². The number of likely N-dealkylation sites (tertiary alicyclic amines) is 1. The first-order valence-corrected chi connectivity index (χ1v) is 7.63. The van der Waals surface area contributed by atoms with Crippen LogP contribution in [0.2, 0.25) is 0 Å². The van der Waals surface area contributed by atoms with Crippen LogP contribution in [0.25, 0.3) is 0 Å². The van der Waals surface area contributed by atoms with Gasteiger partial charge in [0.15, 0.2) is 5.82 Å². The second-order valence-electron chi connectivity index (χ2n) is 6.19. The third kappa shape index (κ3) is 4.43. The maximum Gasteiger partial charge on any atom is 0.401 e. The molecule has 0 spiro atoms. The third-order valence-corrected chi connectivity index (χ3v) is 3.99. The number of halogens is 3. The Balaban J connectivity index is 2.02. The fourth-order valence-electron chi connectivity index (χ4n) is 2.88. The van der Waals surface area contributed by atoms with E-state index < -0.39 is 18.8 Å². The van der Waals surface area contributed by atoms with Crippen LogP contribution < -0.4 is 0 Å². The van der Waals surface area contributed by atoms with Gasteiger partial charge in [0.25, 0.3) is 0 Å². The van der Waals surface area contributed by atoms with E-state index in [-0.39, 0.29) is 18.5 Å². The van der Waals surface area contributed by atoms with Crippen molar-refractivity contribution in [2.45, 2.75) is 51.5 Å². The van der Waals surface area contributed by atoms with E-state index in [1.54, 1.807) is 13.4 Å². The number of rotatable bonds is 5. The molecular formula is C14H22F3N5O. The molecule has 0 radical (unpaired) electrons. The van der Waals surface area contributed by atoms with Crippen LogP contribution in [0.5, 0.6) is 0 Å². The zero-order valence-corrected chi connectivity index (χ0v) is 13.5. The van der Waals surface area contributed by atoms with E-state index in [4.69, 9.17) is 0 Å². The smallest absolute Gasteiger partial charge is 0.337 e. The van der Waals surface area contributed by atoms with Crippen molar-refractivity contribution in [1.29, 1.82) is 0 Å². The molecule has 1 aromatic heterocycles. The van der Waals surface area contributed by atoms with Crippen molar-refractivity contribution in [2.75, 3.05) is 20.1 Å². The van der Waals surface area contributed by atoms with Crippen LogP contribution in [-0.2, 0) is 11.3 Å². The van der Waals surface area contributed by atoms with Gasteiger partial charge < -0.3 is 9.47 Å². The summed E-state index contributed by atoms with van der Waals surface area (Å²) in [5.41, 5.74) is 0. The van der Waals surface area contributed by atoms with Gasteiger partial charge in [-0.05, 0) is 33.2 Å². The SMILES string of the molecule is CC(C)n1cnnc1CN(C)C(=O)C1CCCN1CC(F)(F)F. The second kappa shape index (κ2) is 6.86. The number of likely N-dealkylation sites (N-methyl/N-ethyl adjacent to an activating group) is 1. The summed E-state index contributed by atoms with van der Waals surface area (Å²) in [4.78, 5) is 15.2. The summed E-state index contributed by atoms with van der Waals surface area (Å²) in [6.45, 7) is 3.42. The minimum atomic E-state index is -4.29. The lowest BCUT2D eigenvalue weighted by atomic mass is 10.2. The van der Waals surface area contributed by atoms with Crippen LogP contribution in [0.15, 0.2) is 6.33 Å². The highest BCUT2D eigenvalue weighted by molar-refractivity contribution is 5.81. The highest BCUT2D eigenvalue weighted by Crippen LogP contribution is 2.25. The summed E-state index contributed by atoms with van der Waals surface area (Å²) in [6, 6.07) is -0.561. The minimum absolute atomic E-state index is 0.150. The van der Waals surface area contributed by atoms with E-state index in [2.05, 4.69) is 10.2 Å². The van der Waals surface area contributed by atoms with Crippen molar-refractivity contribution in [3.05, 3.63) is 12.2 Å². The number of amides is 1. The van der Waals surface area contributed by atoms with Gasteiger partial charge in [-0.15, -0.1) is 10.2 Å². The Labute approximate surface area is 133 Å². The molecule has 1 aliphatic rings. The van der Waals surface area contributed by atoms with Gasteiger partial charge in [0.05, 0.1) is 19.1 Å². The molecule has 6 nitrogen and oxygen atoms in total. The van der Waals surface area contributed by atoms with Crippen molar-refractivity contribution in [2.24, 2.45) is 0 Å². The molecular weight excluding hydrogens is 311 g/mol. The van der Waals surface area contributed by atoms with Crippen LogP contribution >= 0.6 is 0 Å². The van der Waals surface area contributed by atoms with Gasteiger partial charge in [-0.25, -0.2) is 0 Å². The van der Waals surface area contributed by atoms with E-state index >= 15 is 0 Å². The van der Waals surface area contributed by atoms with Gasteiger partial charge in [0, 0.05) is 13.1 Å². The van der Waals surface area contributed by atoms with Gasteiger partial charge >= 0.3 is 6.18 Å². The standard InChI is InChI=1S/C14H22F3N5O/c1-10(2)22-9-18-19-12(22)7-20(3)13(23)11-5-4-6-21(11)8-14(15,16)17/h9-11H,4-8H2,1-3H3. The Bertz CT molecular complexity index is 543. The molecule has 1 atom stereocenters. The van der Waals surface area contributed by atoms with E-state index in [1.807, 2.05) is 18.4 Å². The molecule has 1 amide bonds. The van der Waals surface area contributed by atoms with Gasteiger partial charge in [-0.3, -0.25) is 9.69 Å². The Morgan fingerprint density at radius 3 is 2.78 bits per heavy atom. The monoisotopic (exact) mass is 333 g/mol. The van der Waals surface area contributed by atoms with E-state index in [0.29, 0.717) is 25.2 Å². The maximum absolute atomic E-state index is 12.6. The van der Waals surface area contributed by atoms with E-state index in [0.717, 1.165) is 0 Å². The van der Waals surface area contributed by atoms with Crippen molar-refractivity contribution in [3.8, 4) is 0 Å². The predicted octanol–water partition coefficient (Wildman–Crippen LogP) is 1.84. The molecule has 2 heterocycles. The lowest BCUT2D eigenvalue weighted by Crippen LogP contribution is -2.47. The summed E-state index contributed by atoms with van der Waals surface area (Å²) in [7, 11) is 1.59. The number of hydrogen-bond acceptors (Lipinski definition) is 4. The molecule has 9 heteroatoms. The molecule has 1 fully saturated rings. The molecule has 0 aliphatic carbocycles. The summed E-state index contributed by atoms with van der Waals surface area (Å²) < 4.78 is 39.7. The van der Waals surface area contributed by atoms with Crippen LogP contribution in [0.1, 0.15) is 38.6 Å². The summed E-state index contributed by atoms with van der Waals surface area (Å²) in [5.74, 6) is 0.321. The molecule has 0 bridgehead atoms. The first-order chi connectivity index (χ1) is 10.7. The number of hydrogen-bond donors (Lipinski definition) is 0. The molecule has 0 saturated carbocycles. The number of nitrogens with zero attached hydrogens (tertiary/aromatic N) is 5. The average Bonchev–Trinajstić information content (AvgIpc) is 3.05. The maximum atomic E-state index is 12.6. The summed E-state index contributed by atoms with van der Waals surface area (Å²) in [5, 5.41) is 7.82. The van der Waals surface area contributed by atoms with Crippen LogP contribution in [0.3, 0.4) is 0 Å². The Morgan fingerprint density at radius 2 is 2.17 bits per heavy atom. The molecule has 0 aromatic carbocycles. The molecule has 2 rings (SSSR count). The topological polar surface area (TPSA) is 54.3 Å². The number of aromatic nitrogens is 3. The lowest BCUT2D eigenvalue weighted by Gasteiger charge is -2.28. The molecule has 23 heavy (non-hydrogen) atoms. The highest BCUT2D eigenvalue weighted by atomic mass is 19.4. The molecule has 130 valence electrons. The fourth-order valence-corrected chi connectivity index (χ4v) is 2.88. The molecule has 1 aromatic rings. The number of carbonyl (C=O) groups excluding carboxylic acids is 1. The highest BCUT2D eigenvalue weighted by Gasteiger charge is 2.39. The Kier molecular flexibility index (Phi) is 5.28. The normalized spacial score (nSPS) is 19.5. The van der Waals surface area contributed by atoms with Gasteiger partial charge in [-0.1, -0.05) is 0 Å². The van der Waals surface area contributed by atoms with Crippen LogP contribution in [0, 0.1) is 0 Å². The van der Waals surface area contributed by atoms with Crippen molar-refractivity contribution < 1.29 is 18.0 Å². The quantitative estimate of drug-likeness (QED) is 0.825. The zero-order valence-electron chi connectivity index (χ0n) is 13.5. The molecule has 1 saturated heterocycles.